The molecular formula is C16H26N4O10S. The van der Waals surface area contributed by atoms with E-state index in [4.69, 9.17) is 21.1 Å². The number of aliphatic hydroxyl groups is 1. The number of nitrogens with two attached hydrogens (primary N) is 1. The van der Waals surface area contributed by atoms with Gasteiger partial charge in [0.2, 0.25) is 17.7 Å². The Morgan fingerprint density at radius 3 is 1.65 bits per heavy atom. The SMILES string of the molecule is NC(CCC(=O)O)C(=O)NC(CS)C(=O)NC(CO)C(=O)NC(CCC(=O)O)C(=O)O. The van der Waals surface area contributed by atoms with Gasteiger partial charge in [0, 0.05) is 18.6 Å². The third kappa shape index (κ3) is 11.2. The molecule has 3 amide bonds. The van der Waals surface area contributed by atoms with Gasteiger partial charge in [-0.3, -0.25) is 24.0 Å². The third-order valence-electron chi connectivity index (χ3n) is 3.90. The second-order valence-corrected chi connectivity index (χ2v) is 6.72. The van der Waals surface area contributed by atoms with Crippen LogP contribution in [0.25, 0.3) is 0 Å². The molecule has 0 aliphatic carbocycles. The standard InChI is InChI=1S/C16H26N4O10S/c17-7(1-3-11(22)23)13(26)20-10(6-31)15(28)19-9(5-21)14(27)18-8(16(29)30)2-4-12(24)25/h7-10,21,31H,1-6,17H2,(H,18,27)(H,19,28)(H,20,26)(H,22,23)(H,24,25)(H,29,30). The lowest BCUT2D eigenvalue weighted by Gasteiger charge is -2.23. The quantitative estimate of drug-likeness (QED) is 0.107. The fourth-order valence-corrected chi connectivity index (χ4v) is 2.40. The van der Waals surface area contributed by atoms with Crippen molar-refractivity contribution in [3.63, 3.8) is 0 Å². The summed E-state index contributed by atoms with van der Waals surface area (Å²) < 4.78 is 0. The van der Waals surface area contributed by atoms with Crippen molar-refractivity contribution in [2.24, 2.45) is 5.73 Å². The van der Waals surface area contributed by atoms with Crippen LogP contribution >= 0.6 is 12.6 Å². The van der Waals surface area contributed by atoms with E-state index in [1.807, 2.05) is 5.32 Å². The topological polar surface area (TPSA) is 245 Å². The van der Waals surface area contributed by atoms with Gasteiger partial charge in [-0.05, 0) is 12.8 Å². The normalized spacial score (nSPS) is 14.4. The number of rotatable bonds is 15. The monoisotopic (exact) mass is 466 g/mol. The number of hydrogen-bond donors (Lipinski definition) is 9. The largest absolute Gasteiger partial charge is 0.481 e. The summed E-state index contributed by atoms with van der Waals surface area (Å²) in [6, 6.07) is -5.68. The van der Waals surface area contributed by atoms with E-state index in [1.165, 1.54) is 0 Å². The maximum absolute atomic E-state index is 12.3. The number of aliphatic carboxylic acids is 3. The number of carboxylic acids is 3. The molecule has 0 aliphatic heterocycles. The Bertz CT molecular complexity index is 689. The minimum absolute atomic E-state index is 0.184. The summed E-state index contributed by atoms with van der Waals surface area (Å²) >= 11 is 3.91. The molecule has 4 unspecified atom stereocenters. The molecule has 0 saturated heterocycles. The van der Waals surface area contributed by atoms with Crippen LogP contribution in [0.4, 0.5) is 0 Å². The van der Waals surface area contributed by atoms with Crippen molar-refractivity contribution in [3.8, 4) is 0 Å². The summed E-state index contributed by atoms with van der Waals surface area (Å²) in [7, 11) is 0. The Kier molecular flexibility index (Phi) is 12.8. The molecule has 9 N–H and O–H groups in total. The van der Waals surface area contributed by atoms with Crippen molar-refractivity contribution in [1.29, 1.82) is 0 Å². The molecular weight excluding hydrogens is 440 g/mol. The summed E-state index contributed by atoms with van der Waals surface area (Å²) in [6.45, 7) is -0.922. The van der Waals surface area contributed by atoms with Crippen LogP contribution in [0.15, 0.2) is 0 Å². The highest BCUT2D eigenvalue weighted by atomic mass is 32.1. The first-order valence-electron chi connectivity index (χ1n) is 8.97. The summed E-state index contributed by atoms with van der Waals surface area (Å²) in [4.78, 5) is 68.7. The molecule has 0 fully saturated rings. The van der Waals surface area contributed by atoms with Gasteiger partial charge in [0.05, 0.1) is 12.6 Å². The number of hydrogen-bond acceptors (Lipinski definition) is 9. The van der Waals surface area contributed by atoms with E-state index < -0.39 is 79.2 Å². The number of nitrogens with one attached hydrogen (secondary N) is 3. The average molecular weight is 466 g/mol. The van der Waals surface area contributed by atoms with Gasteiger partial charge in [0.25, 0.3) is 0 Å². The highest BCUT2D eigenvalue weighted by Gasteiger charge is 2.29. The molecule has 176 valence electrons. The number of amides is 3. The zero-order valence-electron chi connectivity index (χ0n) is 16.3. The van der Waals surface area contributed by atoms with Gasteiger partial charge < -0.3 is 42.1 Å². The van der Waals surface area contributed by atoms with Crippen LogP contribution in [0.1, 0.15) is 25.7 Å². The van der Waals surface area contributed by atoms with E-state index in [0.717, 1.165) is 0 Å². The highest BCUT2D eigenvalue weighted by molar-refractivity contribution is 7.80. The lowest BCUT2D eigenvalue weighted by atomic mass is 10.1. The average Bonchev–Trinajstić information content (AvgIpc) is 2.70. The van der Waals surface area contributed by atoms with Crippen LogP contribution in [0.5, 0.6) is 0 Å². The van der Waals surface area contributed by atoms with Crippen molar-refractivity contribution in [3.05, 3.63) is 0 Å². The zero-order valence-corrected chi connectivity index (χ0v) is 17.2. The summed E-state index contributed by atoms with van der Waals surface area (Å²) in [5.74, 6) is -7.04. The summed E-state index contributed by atoms with van der Waals surface area (Å²) in [5.41, 5.74) is 5.54. The van der Waals surface area contributed by atoms with Crippen molar-refractivity contribution in [2.45, 2.75) is 49.9 Å². The van der Waals surface area contributed by atoms with E-state index in [0.29, 0.717) is 0 Å². The first-order chi connectivity index (χ1) is 14.4. The molecule has 0 spiro atoms. The minimum atomic E-state index is -1.60. The molecule has 0 aromatic rings. The van der Waals surface area contributed by atoms with Crippen LogP contribution in [0.3, 0.4) is 0 Å². The van der Waals surface area contributed by atoms with Crippen LogP contribution in [0.2, 0.25) is 0 Å². The molecule has 0 rings (SSSR count). The number of carboxylic acid groups (broad SMARTS) is 3. The van der Waals surface area contributed by atoms with Gasteiger partial charge >= 0.3 is 17.9 Å². The van der Waals surface area contributed by atoms with E-state index in [2.05, 4.69) is 23.3 Å². The van der Waals surface area contributed by atoms with Crippen molar-refractivity contribution in [1.82, 2.24) is 16.0 Å². The number of carbonyl (C=O) groups excluding carboxylic acids is 3. The minimum Gasteiger partial charge on any atom is -0.481 e. The Balaban J connectivity index is 4.97. The molecule has 4 atom stereocenters. The van der Waals surface area contributed by atoms with Crippen LogP contribution in [-0.4, -0.2) is 92.6 Å². The van der Waals surface area contributed by atoms with Gasteiger partial charge in [-0.15, -0.1) is 0 Å². The van der Waals surface area contributed by atoms with E-state index in [-0.39, 0.29) is 18.6 Å². The predicted molar refractivity (Wildman–Crippen MR) is 106 cm³/mol. The second kappa shape index (κ2) is 14.2. The van der Waals surface area contributed by atoms with E-state index >= 15 is 0 Å². The summed E-state index contributed by atoms with van der Waals surface area (Å²) in [6.07, 6.45) is -1.52. The fraction of sp³-hybridized carbons (Fsp3) is 0.625. The van der Waals surface area contributed by atoms with Gasteiger partial charge in [0.1, 0.15) is 18.1 Å². The van der Waals surface area contributed by atoms with Crippen LogP contribution in [0, 0.1) is 0 Å². The third-order valence-corrected chi connectivity index (χ3v) is 4.26. The van der Waals surface area contributed by atoms with Gasteiger partial charge in [-0.1, -0.05) is 0 Å². The van der Waals surface area contributed by atoms with Crippen LogP contribution < -0.4 is 21.7 Å². The molecule has 0 heterocycles. The fourth-order valence-electron chi connectivity index (χ4n) is 2.15. The Morgan fingerprint density at radius 1 is 0.742 bits per heavy atom. The first kappa shape index (κ1) is 28.1. The molecule has 0 saturated carbocycles. The predicted octanol–water partition coefficient (Wildman–Crippen LogP) is -3.50. The maximum Gasteiger partial charge on any atom is 0.326 e. The van der Waals surface area contributed by atoms with Gasteiger partial charge in [0.15, 0.2) is 0 Å². The van der Waals surface area contributed by atoms with Crippen molar-refractivity contribution >= 4 is 48.3 Å². The second-order valence-electron chi connectivity index (χ2n) is 6.36. The van der Waals surface area contributed by atoms with Gasteiger partial charge in [-0.25, -0.2) is 4.79 Å². The first-order valence-corrected chi connectivity index (χ1v) is 9.60. The molecule has 14 nitrogen and oxygen atoms in total. The summed E-state index contributed by atoms with van der Waals surface area (Å²) in [5, 5.41) is 42.0. The van der Waals surface area contributed by atoms with Gasteiger partial charge in [-0.2, -0.15) is 12.6 Å². The molecule has 0 aliphatic rings. The smallest absolute Gasteiger partial charge is 0.326 e. The number of carbonyl (C=O) groups is 6. The maximum atomic E-state index is 12.3. The zero-order chi connectivity index (χ0) is 24.1. The lowest BCUT2D eigenvalue weighted by Crippen LogP contribution is -2.58. The Morgan fingerprint density at radius 2 is 1.19 bits per heavy atom. The van der Waals surface area contributed by atoms with Crippen LogP contribution in [-0.2, 0) is 28.8 Å². The van der Waals surface area contributed by atoms with Crippen molar-refractivity contribution in [2.75, 3.05) is 12.4 Å². The Labute approximate surface area is 182 Å². The molecule has 0 aromatic carbocycles. The van der Waals surface area contributed by atoms with E-state index in [1.54, 1.807) is 0 Å². The number of thiol groups is 1. The lowest BCUT2D eigenvalue weighted by molar-refractivity contribution is -0.144. The molecule has 0 aromatic heterocycles. The molecule has 0 radical (unpaired) electrons. The van der Waals surface area contributed by atoms with Crippen molar-refractivity contribution < 1.29 is 49.2 Å². The molecule has 31 heavy (non-hydrogen) atoms. The van der Waals surface area contributed by atoms with E-state index in [9.17, 15) is 33.9 Å². The highest BCUT2D eigenvalue weighted by Crippen LogP contribution is 2.01. The molecule has 15 heteroatoms. The number of aliphatic hydroxyl groups excluding tert-OH is 1. The molecule has 0 bridgehead atoms. The Hall–Kier alpha value is -2.91.